The first kappa shape index (κ1) is 12.6. The van der Waals surface area contributed by atoms with Gasteiger partial charge in [0.25, 0.3) is 0 Å². The van der Waals surface area contributed by atoms with Crippen molar-refractivity contribution in [1.29, 1.82) is 0 Å². The van der Waals surface area contributed by atoms with Crippen molar-refractivity contribution in [3.63, 3.8) is 0 Å². The topological polar surface area (TPSA) is 39.1 Å². The minimum Gasteiger partial charge on any atom is -0.377 e. The molecule has 4 nitrogen and oxygen atoms in total. The number of hydrogen-bond acceptors (Lipinski definition) is 3. The van der Waals surface area contributed by atoms with E-state index in [2.05, 4.69) is 37.4 Å². The van der Waals surface area contributed by atoms with Gasteiger partial charge in [0.15, 0.2) is 0 Å². The van der Waals surface area contributed by atoms with Crippen LogP contribution in [-0.2, 0) is 11.3 Å². The molecule has 0 saturated carbocycles. The lowest BCUT2D eigenvalue weighted by atomic mass is 10.1. The van der Waals surface area contributed by atoms with Gasteiger partial charge < -0.3 is 10.1 Å². The Balaban J connectivity index is 1.89. The molecule has 17 heavy (non-hydrogen) atoms. The summed E-state index contributed by atoms with van der Waals surface area (Å²) in [6, 6.07) is 0.729. The molecule has 0 aliphatic carbocycles. The number of ether oxygens (including phenoxy) is 1. The number of aryl methyl sites for hydroxylation is 1. The fourth-order valence-electron chi connectivity index (χ4n) is 2.37. The molecule has 2 heterocycles. The van der Waals surface area contributed by atoms with Gasteiger partial charge in [0.1, 0.15) is 0 Å². The highest BCUT2D eigenvalue weighted by Gasteiger charge is 2.23. The van der Waals surface area contributed by atoms with Crippen molar-refractivity contribution in [3.8, 4) is 0 Å². The molecule has 0 bridgehead atoms. The highest BCUT2D eigenvalue weighted by atomic mass is 16.5. The van der Waals surface area contributed by atoms with E-state index < -0.39 is 0 Å². The maximum atomic E-state index is 5.69. The standard InChI is InChI=1S/C13H23N3O/c1-4-16-9-12(8-14-16)10(2)15-11(3)13-6-5-7-17-13/h8-11,13,15H,4-7H2,1-3H3. The number of aromatic nitrogens is 2. The highest BCUT2D eigenvalue weighted by molar-refractivity contribution is 5.09. The summed E-state index contributed by atoms with van der Waals surface area (Å²) in [5.41, 5.74) is 1.25. The molecular weight excluding hydrogens is 214 g/mol. The molecular formula is C13H23N3O. The van der Waals surface area contributed by atoms with E-state index in [1.165, 1.54) is 18.4 Å². The summed E-state index contributed by atoms with van der Waals surface area (Å²) >= 11 is 0. The molecule has 1 aromatic rings. The van der Waals surface area contributed by atoms with Crippen molar-refractivity contribution < 1.29 is 4.74 Å². The third-order valence-corrected chi connectivity index (χ3v) is 3.51. The second kappa shape index (κ2) is 5.65. The van der Waals surface area contributed by atoms with Crippen molar-refractivity contribution in [3.05, 3.63) is 18.0 Å². The summed E-state index contributed by atoms with van der Waals surface area (Å²) in [6.45, 7) is 8.33. The number of nitrogens with zero attached hydrogens (tertiary/aromatic N) is 2. The summed E-state index contributed by atoms with van der Waals surface area (Å²) in [6.07, 6.45) is 6.80. The van der Waals surface area contributed by atoms with Gasteiger partial charge in [-0.15, -0.1) is 0 Å². The minimum atomic E-state index is 0.328. The molecule has 1 saturated heterocycles. The zero-order chi connectivity index (χ0) is 12.3. The van der Waals surface area contributed by atoms with Crippen LogP contribution in [0.2, 0.25) is 0 Å². The molecule has 1 aliphatic heterocycles. The quantitative estimate of drug-likeness (QED) is 0.852. The molecule has 1 N–H and O–H groups in total. The van der Waals surface area contributed by atoms with Gasteiger partial charge in [0.2, 0.25) is 0 Å². The van der Waals surface area contributed by atoms with Crippen molar-refractivity contribution in [2.45, 2.75) is 58.3 Å². The van der Waals surface area contributed by atoms with Gasteiger partial charge in [-0.3, -0.25) is 4.68 Å². The monoisotopic (exact) mass is 237 g/mol. The molecule has 0 spiro atoms. The summed E-state index contributed by atoms with van der Waals surface area (Å²) in [5, 5.41) is 7.90. The molecule has 3 atom stereocenters. The molecule has 3 unspecified atom stereocenters. The smallest absolute Gasteiger partial charge is 0.0726 e. The van der Waals surface area contributed by atoms with Crippen LogP contribution >= 0.6 is 0 Å². The van der Waals surface area contributed by atoms with Crippen LogP contribution in [0, 0.1) is 0 Å². The van der Waals surface area contributed by atoms with Gasteiger partial charge in [-0.05, 0) is 33.6 Å². The maximum absolute atomic E-state index is 5.69. The minimum absolute atomic E-state index is 0.328. The van der Waals surface area contributed by atoms with Gasteiger partial charge in [-0.2, -0.15) is 5.10 Å². The summed E-state index contributed by atoms with van der Waals surface area (Å²) in [7, 11) is 0. The van der Waals surface area contributed by atoms with Crippen molar-refractivity contribution in [2.75, 3.05) is 6.61 Å². The number of hydrogen-bond donors (Lipinski definition) is 1. The van der Waals surface area contributed by atoms with Crippen LogP contribution < -0.4 is 5.32 Å². The van der Waals surface area contributed by atoms with Crippen LogP contribution in [0.15, 0.2) is 12.4 Å². The van der Waals surface area contributed by atoms with Crippen LogP contribution in [0.25, 0.3) is 0 Å². The third-order valence-electron chi connectivity index (χ3n) is 3.51. The van der Waals surface area contributed by atoms with Gasteiger partial charge in [-0.1, -0.05) is 0 Å². The van der Waals surface area contributed by atoms with Crippen LogP contribution in [0.1, 0.15) is 45.2 Å². The first-order chi connectivity index (χ1) is 8.20. The summed E-state index contributed by atoms with van der Waals surface area (Å²) < 4.78 is 7.66. The average Bonchev–Trinajstić information content (AvgIpc) is 3.00. The Kier molecular flexibility index (Phi) is 4.18. The van der Waals surface area contributed by atoms with E-state index in [9.17, 15) is 0 Å². The molecule has 2 rings (SSSR count). The fraction of sp³-hybridized carbons (Fsp3) is 0.769. The molecule has 0 aromatic carbocycles. The highest BCUT2D eigenvalue weighted by Crippen LogP contribution is 2.19. The van der Waals surface area contributed by atoms with Gasteiger partial charge in [0.05, 0.1) is 12.3 Å². The average molecular weight is 237 g/mol. The van der Waals surface area contributed by atoms with Crippen LogP contribution in [0.4, 0.5) is 0 Å². The first-order valence-electron chi connectivity index (χ1n) is 6.60. The van der Waals surface area contributed by atoms with Crippen molar-refractivity contribution >= 4 is 0 Å². The van der Waals surface area contributed by atoms with E-state index in [1.54, 1.807) is 0 Å². The largest absolute Gasteiger partial charge is 0.377 e. The predicted octanol–water partition coefficient (Wildman–Crippen LogP) is 2.12. The molecule has 0 radical (unpaired) electrons. The Hall–Kier alpha value is -0.870. The Morgan fingerprint density at radius 1 is 1.59 bits per heavy atom. The molecule has 0 amide bonds. The zero-order valence-corrected chi connectivity index (χ0v) is 11.0. The van der Waals surface area contributed by atoms with Crippen LogP contribution in [-0.4, -0.2) is 28.5 Å². The van der Waals surface area contributed by atoms with E-state index in [0.717, 1.165) is 13.2 Å². The van der Waals surface area contributed by atoms with E-state index in [0.29, 0.717) is 18.2 Å². The van der Waals surface area contributed by atoms with Crippen LogP contribution in [0.3, 0.4) is 0 Å². The number of rotatable bonds is 5. The first-order valence-corrected chi connectivity index (χ1v) is 6.60. The summed E-state index contributed by atoms with van der Waals surface area (Å²) in [4.78, 5) is 0. The lowest BCUT2D eigenvalue weighted by Gasteiger charge is -2.23. The van der Waals surface area contributed by atoms with Gasteiger partial charge in [-0.25, -0.2) is 0 Å². The van der Waals surface area contributed by atoms with E-state index in [4.69, 9.17) is 4.74 Å². The Bertz CT molecular complexity index is 344. The Labute approximate surface area is 103 Å². The molecule has 1 fully saturated rings. The van der Waals surface area contributed by atoms with Gasteiger partial charge >= 0.3 is 0 Å². The Morgan fingerprint density at radius 2 is 2.41 bits per heavy atom. The summed E-state index contributed by atoms with van der Waals surface area (Å²) in [5.74, 6) is 0. The third kappa shape index (κ3) is 3.07. The van der Waals surface area contributed by atoms with Crippen LogP contribution in [0.5, 0.6) is 0 Å². The fourth-order valence-corrected chi connectivity index (χ4v) is 2.37. The zero-order valence-electron chi connectivity index (χ0n) is 11.0. The molecule has 1 aliphatic rings. The Morgan fingerprint density at radius 3 is 3.00 bits per heavy atom. The number of nitrogens with one attached hydrogen (secondary N) is 1. The lowest BCUT2D eigenvalue weighted by molar-refractivity contribution is 0.0804. The van der Waals surface area contributed by atoms with E-state index in [-0.39, 0.29) is 0 Å². The lowest BCUT2D eigenvalue weighted by Crippen LogP contribution is -2.38. The van der Waals surface area contributed by atoms with Crippen molar-refractivity contribution in [2.24, 2.45) is 0 Å². The molecule has 4 heteroatoms. The van der Waals surface area contributed by atoms with E-state index in [1.807, 2.05) is 10.9 Å². The second-order valence-corrected chi connectivity index (χ2v) is 4.86. The SMILES string of the molecule is CCn1cc(C(C)NC(C)C2CCCO2)cn1. The predicted molar refractivity (Wildman–Crippen MR) is 67.9 cm³/mol. The van der Waals surface area contributed by atoms with E-state index >= 15 is 0 Å². The molecule has 96 valence electrons. The van der Waals surface area contributed by atoms with Crippen molar-refractivity contribution in [1.82, 2.24) is 15.1 Å². The second-order valence-electron chi connectivity index (χ2n) is 4.86. The maximum Gasteiger partial charge on any atom is 0.0726 e. The normalized spacial score (nSPS) is 23.8. The van der Waals surface area contributed by atoms with Gasteiger partial charge in [0, 0.05) is 37.0 Å². The molecule has 1 aromatic heterocycles.